The molecule has 2 bridgehead atoms. The normalized spacial score (nSPS) is 18.9. The van der Waals surface area contributed by atoms with Crippen LogP contribution in [-0.4, -0.2) is 84.4 Å². The summed E-state index contributed by atoms with van der Waals surface area (Å²) in [6, 6.07) is 15.0. The van der Waals surface area contributed by atoms with Crippen LogP contribution in [0.2, 0.25) is 10.0 Å². The van der Waals surface area contributed by atoms with Crippen LogP contribution in [0, 0.1) is 5.82 Å². The lowest BCUT2D eigenvalue weighted by molar-refractivity contribution is -0.132. The van der Waals surface area contributed by atoms with Crippen LogP contribution in [0.1, 0.15) is 37.3 Å². The van der Waals surface area contributed by atoms with E-state index >= 15 is 0 Å². The Morgan fingerprint density at radius 1 is 1.02 bits per heavy atom. The smallest absolute Gasteiger partial charge is 0.290 e. The lowest BCUT2D eigenvalue weighted by atomic mass is 9.82. The van der Waals surface area contributed by atoms with Crippen LogP contribution in [0.15, 0.2) is 60.2 Å². The first-order chi connectivity index (χ1) is 24.1. The summed E-state index contributed by atoms with van der Waals surface area (Å²) in [5, 5.41) is 11.4. The van der Waals surface area contributed by atoms with Crippen molar-refractivity contribution in [3.8, 4) is 23.0 Å². The average Bonchev–Trinajstić information content (AvgIpc) is 3.84. The van der Waals surface area contributed by atoms with Crippen molar-refractivity contribution >= 4 is 47.1 Å². The Labute approximate surface area is 298 Å². The molecule has 1 aliphatic carbocycles. The zero-order valence-corrected chi connectivity index (χ0v) is 28.7. The fourth-order valence-corrected chi connectivity index (χ4v) is 6.83. The number of amides is 2. The van der Waals surface area contributed by atoms with Crippen LogP contribution in [0.25, 0.3) is 5.57 Å². The molecule has 1 saturated carbocycles. The molecule has 50 heavy (non-hydrogen) atoms. The molecule has 2 atom stereocenters. The summed E-state index contributed by atoms with van der Waals surface area (Å²) in [6.07, 6.45) is 2.42. The highest BCUT2D eigenvalue weighted by Crippen LogP contribution is 2.41. The van der Waals surface area contributed by atoms with E-state index in [1.54, 1.807) is 13.0 Å². The Morgan fingerprint density at radius 2 is 1.72 bits per heavy atom. The molecule has 0 spiro atoms. The van der Waals surface area contributed by atoms with E-state index in [-0.39, 0.29) is 62.2 Å². The standard InChI is InChI=1S/C35H34Cl2FN3O6.CH2O2/c1-20(42)40-17-24-14-27(21-2-7-26(8-3-21)44-10-11-45-31-13-23(38)4-9-28(31)36)34(30(18-40)39-24)35(43)41(25-5-6-25)16-22-12-32-33(15-29(22)37)47-19-46-32;2-1-3/h2-4,7-9,12-13,15,24-25,30,39H,5-6,10-11,14,16-19H2,1H3;1H,(H,2,3)/t24-,30-;/m1./s1. The van der Waals surface area contributed by atoms with E-state index in [1.165, 1.54) is 18.2 Å². The summed E-state index contributed by atoms with van der Waals surface area (Å²) in [5.41, 5.74) is 3.35. The van der Waals surface area contributed by atoms with Gasteiger partial charge in [0.25, 0.3) is 12.4 Å². The van der Waals surface area contributed by atoms with Gasteiger partial charge in [-0.2, -0.15) is 0 Å². The van der Waals surface area contributed by atoms with Gasteiger partial charge in [-0.3, -0.25) is 14.4 Å². The fraction of sp³-hybridized carbons (Fsp3) is 0.361. The average molecular weight is 729 g/mol. The topological polar surface area (TPSA) is 127 Å². The minimum absolute atomic E-state index is 0.00640. The zero-order chi connectivity index (χ0) is 35.4. The number of rotatable bonds is 10. The van der Waals surface area contributed by atoms with Crippen molar-refractivity contribution in [1.29, 1.82) is 0 Å². The summed E-state index contributed by atoms with van der Waals surface area (Å²) < 4.78 is 36.0. The second-order valence-electron chi connectivity index (χ2n) is 12.3. The molecule has 3 aromatic rings. The molecule has 1 saturated heterocycles. The van der Waals surface area contributed by atoms with Gasteiger partial charge in [0.05, 0.1) is 11.1 Å². The van der Waals surface area contributed by atoms with Crippen molar-refractivity contribution in [3.63, 3.8) is 0 Å². The molecule has 0 aromatic heterocycles. The van der Waals surface area contributed by atoms with E-state index in [9.17, 15) is 14.0 Å². The highest BCUT2D eigenvalue weighted by Gasteiger charge is 2.43. The molecular weight excluding hydrogens is 692 g/mol. The highest BCUT2D eigenvalue weighted by molar-refractivity contribution is 6.32. The Kier molecular flexibility index (Phi) is 11.0. The van der Waals surface area contributed by atoms with Crippen molar-refractivity contribution in [2.45, 2.75) is 50.9 Å². The van der Waals surface area contributed by atoms with Crippen LogP contribution >= 0.6 is 23.2 Å². The van der Waals surface area contributed by atoms with Crippen LogP contribution in [-0.2, 0) is 20.9 Å². The van der Waals surface area contributed by atoms with E-state index in [0.29, 0.717) is 58.9 Å². The van der Waals surface area contributed by atoms with Gasteiger partial charge in [0.2, 0.25) is 12.7 Å². The summed E-state index contributed by atoms with van der Waals surface area (Å²) >= 11 is 12.7. The van der Waals surface area contributed by atoms with Gasteiger partial charge in [-0.1, -0.05) is 35.3 Å². The van der Waals surface area contributed by atoms with Crippen LogP contribution in [0.3, 0.4) is 0 Å². The number of hydrogen-bond acceptors (Lipinski definition) is 8. The molecule has 264 valence electrons. The first kappa shape index (κ1) is 35.3. The molecule has 2 fully saturated rings. The number of hydrogen-bond donors (Lipinski definition) is 2. The van der Waals surface area contributed by atoms with Crippen molar-refractivity contribution in [2.75, 3.05) is 33.1 Å². The maximum atomic E-state index is 14.6. The third-order valence-electron chi connectivity index (χ3n) is 8.92. The van der Waals surface area contributed by atoms with E-state index in [1.807, 2.05) is 40.1 Å². The molecular formula is C36H36Cl2FN3O8. The van der Waals surface area contributed by atoms with Crippen LogP contribution < -0.4 is 24.3 Å². The summed E-state index contributed by atoms with van der Waals surface area (Å²) in [4.78, 5) is 39.2. The van der Waals surface area contributed by atoms with E-state index in [4.69, 9.17) is 52.1 Å². The molecule has 0 radical (unpaired) electrons. The Bertz CT molecular complexity index is 1790. The Morgan fingerprint density at radius 3 is 2.42 bits per heavy atom. The molecule has 4 aliphatic rings. The molecule has 14 heteroatoms. The zero-order valence-electron chi connectivity index (χ0n) is 27.2. The predicted octanol–water partition coefficient (Wildman–Crippen LogP) is 5.56. The van der Waals surface area contributed by atoms with Crippen LogP contribution in [0.5, 0.6) is 23.0 Å². The van der Waals surface area contributed by atoms with Crippen molar-refractivity contribution in [2.24, 2.45) is 0 Å². The first-order valence-corrected chi connectivity index (χ1v) is 16.9. The van der Waals surface area contributed by atoms with Crippen molar-refractivity contribution in [1.82, 2.24) is 15.1 Å². The molecule has 11 nitrogen and oxygen atoms in total. The molecule has 7 rings (SSSR count). The summed E-state index contributed by atoms with van der Waals surface area (Å²) in [7, 11) is 0. The monoisotopic (exact) mass is 727 g/mol. The number of benzene rings is 3. The molecule has 0 unspecified atom stereocenters. The van der Waals surface area contributed by atoms with Crippen molar-refractivity contribution < 1.29 is 42.8 Å². The maximum absolute atomic E-state index is 14.6. The lowest BCUT2D eigenvalue weighted by Gasteiger charge is -2.44. The molecule has 3 heterocycles. The minimum atomic E-state index is -0.430. The van der Waals surface area contributed by atoms with Crippen molar-refractivity contribution in [3.05, 3.63) is 87.2 Å². The van der Waals surface area contributed by atoms with Gasteiger partial charge < -0.3 is 39.2 Å². The largest absolute Gasteiger partial charge is 0.490 e. The third-order valence-corrected chi connectivity index (χ3v) is 9.58. The van der Waals surface area contributed by atoms with Gasteiger partial charge in [0.1, 0.15) is 30.5 Å². The molecule has 2 N–H and O–H groups in total. The number of carbonyl (C=O) groups is 3. The predicted molar refractivity (Wildman–Crippen MR) is 183 cm³/mol. The minimum Gasteiger partial charge on any atom is -0.490 e. The second-order valence-corrected chi connectivity index (χ2v) is 13.1. The van der Waals surface area contributed by atoms with Gasteiger partial charge in [-0.25, -0.2) is 4.39 Å². The number of nitrogens with one attached hydrogen (secondary N) is 1. The number of fused-ring (bicyclic) bond motifs is 3. The molecule has 3 aliphatic heterocycles. The molecule has 2 amide bonds. The van der Waals surface area contributed by atoms with E-state index < -0.39 is 5.82 Å². The van der Waals surface area contributed by atoms with E-state index in [2.05, 4.69) is 5.32 Å². The number of carboxylic acid groups (broad SMARTS) is 1. The van der Waals surface area contributed by atoms with Gasteiger partial charge in [0.15, 0.2) is 11.5 Å². The maximum Gasteiger partial charge on any atom is 0.290 e. The van der Waals surface area contributed by atoms with Crippen LogP contribution in [0.4, 0.5) is 4.39 Å². The number of carbonyl (C=O) groups excluding carboxylic acids is 2. The highest BCUT2D eigenvalue weighted by atomic mass is 35.5. The first-order valence-electron chi connectivity index (χ1n) is 16.2. The summed E-state index contributed by atoms with van der Waals surface area (Å²) in [6.45, 7) is 3.19. The quantitative estimate of drug-likeness (QED) is 0.204. The van der Waals surface area contributed by atoms with Gasteiger partial charge in [-0.15, -0.1) is 0 Å². The number of halogens is 3. The molecule has 3 aromatic carbocycles. The number of piperazine rings is 1. The van der Waals surface area contributed by atoms with Gasteiger partial charge in [-0.05, 0) is 66.3 Å². The van der Waals surface area contributed by atoms with Gasteiger partial charge in [0, 0.05) is 61.4 Å². The SMILES string of the molecule is CC(=O)N1C[C@H]2CC(c3ccc(OCCOc4cc(F)ccc4Cl)cc3)=C(C(=O)N(Cc3cc4c(cc3Cl)OCO4)C3CC3)[C@@H](C1)N2.O=CO. The Balaban J connectivity index is 0.00000139. The van der Waals surface area contributed by atoms with E-state index in [0.717, 1.165) is 29.5 Å². The Hall–Kier alpha value is -4.52. The fourth-order valence-electron chi connectivity index (χ4n) is 6.45. The third kappa shape index (κ3) is 8.09. The van der Waals surface area contributed by atoms with Gasteiger partial charge >= 0.3 is 0 Å². The number of nitrogens with zero attached hydrogens (tertiary/aromatic N) is 2. The summed E-state index contributed by atoms with van der Waals surface area (Å²) in [5.74, 6) is 1.60. The number of ether oxygens (including phenoxy) is 4. The lowest BCUT2D eigenvalue weighted by Crippen LogP contribution is -2.61. The second kappa shape index (κ2) is 15.6.